The Labute approximate surface area is 142 Å². The van der Waals surface area contributed by atoms with Gasteiger partial charge >= 0.3 is 0 Å². The van der Waals surface area contributed by atoms with Gasteiger partial charge in [0.05, 0.1) is 31.1 Å². The average molecular weight is 333 g/mol. The quantitative estimate of drug-likeness (QED) is 0.636. The van der Waals surface area contributed by atoms with E-state index >= 15 is 0 Å². The van der Waals surface area contributed by atoms with Crippen molar-refractivity contribution in [2.45, 2.75) is 19.3 Å². The summed E-state index contributed by atoms with van der Waals surface area (Å²) in [6.45, 7) is 6.03. The third kappa shape index (κ3) is 4.03. The Balaban J connectivity index is 1.48. The summed E-state index contributed by atoms with van der Waals surface area (Å²) in [4.78, 5) is 28.3. The van der Waals surface area contributed by atoms with Gasteiger partial charge in [-0.05, 0) is 31.4 Å². The van der Waals surface area contributed by atoms with Crippen molar-refractivity contribution in [2.75, 3.05) is 50.7 Å². The smallest absolute Gasteiger partial charge is 0.277 e. The number of nitrogens with one attached hydrogen (secondary N) is 1. The number of non-ortho nitro benzene ring substituents is 1. The Morgan fingerprint density at radius 2 is 1.67 bits per heavy atom. The van der Waals surface area contributed by atoms with Crippen LogP contribution in [0.15, 0.2) is 24.3 Å². The number of amides is 1. The number of nitrogens with zero attached hydrogens (tertiary/aromatic N) is 3. The number of likely N-dealkylation sites (tertiary alicyclic amines) is 1. The summed E-state index contributed by atoms with van der Waals surface area (Å²) in [5.74, 6) is 0.286. The van der Waals surface area contributed by atoms with E-state index in [-0.39, 0.29) is 16.5 Å². The number of benzene rings is 1. The molecule has 2 heterocycles. The molecule has 0 aliphatic carbocycles. The molecule has 0 bridgehead atoms. The zero-order valence-corrected chi connectivity index (χ0v) is 13.9. The van der Waals surface area contributed by atoms with Crippen LogP contribution in [0.2, 0.25) is 0 Å². The fraction of sp³-hybridized carbons (Fsp3) is 0.588. The molecule has 0 atom stereocenters. The number of carbonyl (C=O) groups excluding carboxylic acids is 1. The summed E-state index contributed by atoms with van der Waals surface area (Å²) in [5, 5.41) is 10.7. The van der Waals surface area contributed by atoms with Crippen molar-refractivity contribution in [3.8, 4) is 0 Å². The highest BCUT2D eigenvalue weighted by atomic mass is 16.6. The van der Waals surface area contributed by atoms with E-state index in [4.69, 9.17) is 0 Å². The summed E-state index contributed by atoms with van der Waals surface area (Å²) in [5.41, 5.74) is 1.14. The summed E-state index contributed by atoms with van der Waals surface area (Å²) >= 11 is 0. The number of quaternary nitrogens is 1. The Hall–Kier alpha value is -2.15. The highest BCUT2D eigenvalue weighted by molar-refractivity contribution is 5.77. The fourth-order valence-corrected chi connectivity index (χ4v) is 3.51. The van der Waals surface area contributed by atoms with E-state index in [9.17, 15) is 14.9 Å². The SMILES string of the molecule is O=C(C[NH+]1CCN(c2ccc([N+](=O)[O-])cc2)CC1)N1CCCCC1. The third-order valence-electron chi connectivity index (χ3n) is 5.01. The minimum atomic E-state index is -0.377. The fourth-order valence-electron chi connectivity index (χ4n) is 3.51. The standard InChI is InChI=1S/C17H24N4O3/c22-17(20-8-2-1-3-9-20)14-18-10-12-19(13-11-18)15-4-6-16(7-5-15)21(23)24/h4-7H,1-3,8-14H2/p+1. The number of hydrogen-bond donors (Lipinski definition) is 1. The van der Waals surface area contributed by atoms with Gasteiger partial charge in [0.15, 0.2) is 6.54 Å². The molecule has 24 heavy (non-hydrogen) atoms. The van der Waals surface area contributed by atoms with Gasteiger partial charge in [-0.2, -0.15) is 0 Å². The summed E-state index contributed by atoms with van der Waals surface area (Å²) in [7, 11) is 0. The molecule has 0 radical (unpaired) electrons. The third-order valence-corrected chi connectivity index (χ3v) is 5.01. The molecule has 130 valence electrons. The molecule has 2 saturated heterocycles. The Morgan fingerprint density at radius 1 is 1.04 bits per heavy atom. The molecule has 0 unspecified atom stereocenters. The summed E-state index contributed by atoms with van der Waals surface area (Å²) < 4.78 is 0. The second-order valence-electron chi connectivity index (χ2n) is 6.63. The van der Waals surface area contributed by atoms with Gasteiger partial charge in [0.2, 0.25) is 0 Å². The highest BCUT2D eigenvalue weighted by Gasteiger charge is 2.25. The van der Waals surface area contributed by atoms with Crippen molar-refractivity contribution in [1.29, 1.82) is 0 Å². The number of nitro benzene ring substituents is 1. The van der Waals surface area contributed by atoms with Crippen molar-refractivity contribution in [2.24, 2.45) is 0 Å². The predicted molar refractivity (Wildman–Crippen MR) is 91.3 cm³/mol. The van der Waals surface area contributed by atoms with Crippen LogP contribution in [-0.2, 0) is 4.79 Å². The molecule has 7 heteroatoms. The van der Waals surface area contributed by atoms with Crippen LogP contribution >= 0.6 is 0 Å². The molecule has 3 rings (SSSR count). The van der Waals surface area contributed by atoms with Gasteiger partial charge in [0, 0.05) is 30.9 Å². The Bertz CT molecular complexity index is 576. The van der Waals surface area contributed by atoms with Crippen LogP contribution in [0.1, 0.15) is 19.3 Å². The Morgan fingerprint density at radius 3 is 2.25 bits per heavy atom. The maximum atomic E-state index is 12.3. The van der Waals surface area contributed by atoms with Crippen LogP contribution in [0, 0.1) is 10.1 Å². The first-order valence-electron chi connectivity index (χ1n) is 8.74. The Kier molecular flexibility index (Phi) is 5.30. The number of rotatable bonds is 4. The van der Waals surface area contributed by atoms with E-state index in [1.54, 1.807) is 12.1 Å². The van der Waals surface area contributed by atoms with Crippen molar-refractivity contribution < 1.29 is 14.6 Å². The molecule has 2 fully saturated rings. The van der Waals surface area contributed by atoms with Crippen molar-refractivity contribution in [1.82, 2.24) is 4.90 Å². The van der Waals surface area contributed by atoms with E-state index in [0.717, 1.165) is 57.8 Å². The molecule has 0 saturated carbocycles. The van der Waals surface area contributed by atoms with Crippen LogP contribution in [0.3, 0.4) is 0 Å². The lowest BCUT2D eigenvalue weighted by molar-refractivity contribution is -0.892. The van der Waals surface area contributed by atoms with Crippen molar-refractivity contribution in [3.05, 3.63) is 34.4 Å². The molecular formula is C17H25N4O3+. The van der Waals surface area contributed by atoms with E-state index in [2.05, 4.69) is 4.90 Å². The highest BCUT2D eigenvalue weighted by Crippen LogP contribution is 2.19. The van der Waals surface area contributed by atoms with E-state index in [1.807, 2.05) is 17.0 Å². The van der Waals surface area contributed by atoms with Crippen LogP contribution in [-0.4, -0.2) is 61.5 Å². The molecule has 2 aliphatic rings. The zero-order valence-electron chi connectivity index (χ0n) is 13.9. The molecule has 0 aromatic heterocycles. The maximum absolute atomic E-state index is 12.3. The maximum Gasteiger partial charge on any atom is 0.277 e. The van der Waals surface area contributed by atoms with Crippen LogP contribution in [0.5, 0.6) is 0 Å². The number of hydrogen-bond acceptors (Lipinski definition) is 4. The molecule has 1 aromatic carbocycles. The normalized spacial score (nSPS) is 19.3. The van der Waals surface area contributed by atoms with Gasteiger partial charge in [0.1, 0.15) is 0 Å². The van der Waals surface area contributed by atoms with Crippen molar-refractivity contribution in [3.63, 3.8) is 0 Å². The summed E-state index contributed by atoms with van der Waals surface area (Å²) in [6, 6.07) is 6.72. The van der Waals surface area contributed by atoms with Gasteiger partial charge in [-0.15, -0.1) is 0 Å². The number of piperidine rings is 1. The lowest BCUT2D eigenvalue weighted by Gasteiger charge is -2.34. The average Bonchev–Trinajstić information content (AvgIpc) is 2.63. The van der Waals surface area contributed by atoms with Gasteiger partial charge < -0.3 is 14.7 Å². The van der Waals surface area contributed by atoms with Gasteiger partial charge in [-0.3, -0.25) is 14.9 Å². The molecule has 7 nitrogen and oxygen atoms in total. The molecule has 0 spiro atoms. The summed E-state index contributed by atoms with van der Waals surface area (Å²) in [6.07, 6.45) is 3.51. The number of anilines is 1. The minimum absolute atomic E-state index is 0.120. The van der Waals surface area contributed by atoms with Crippen LogP contribution in [0.4, 0.5) is 11.4 Å². The second kappa shape index (κ2) is 7.61. The van der Waals surface area contributed by atoms with E-state index < -0.39 is 0 Å². The molecule has 2 aliphatic heterocycles. The van der Waals surface area contributed by atoms with Crippen molar-refractivity contribution >= 4 is 17.3 Å². The predicted octanol–water partition coefficient (Wildman–Crippen LogP) is 0.312. The lowest BCUT2D eigenvalue weighted by atomic mass is 10.1. The topological polar surface area (TPSA) is 71.1 Å². The molecule has 1 amide bonds. The number of nitro groups is 1. The largest absolute Gasteiger partial charge is 0.360 e. The molecule has 1 N–H and O–H groups in total. The van der Waals surface area contributed by atoms with Crippen LogP contribution in [0.25, 0.3) is 0 Å². The number of piperazine rings is 1. The minimum Gasteiger partial charge on any atom is -0.360 e. The second-order valence-corrected chi connectivity index (χ2v) is 6.63. The van der Waals surface area contributed by atoms with Gasteiger partial charge in [-0.25, -0.2) is 0 Å². The lowest BCUT2D eigenvalue weighted by Crippen LogP contribution is -3.15. The first-order valence-corrected chi connectivity index (χ1v) is 8.74. The van der Waals surface area contributed by atoms with Crippen LogP contribution < -0.4 is 9.80 Å². The number of carbonyl (C=O) groups is 1. The zero-order chi connectivity index (χ0) is 16.9. The molecular weight excluding hydrogens is 308 g/mol. The van der Waals surface area contributed by atoms with E-state index in [1.165, 1.54) is 11.3 Å². The molecule has 1 aromatic rings. The first-order chi connectivity index (χ1) is 11.6. The first kappa shape index (κ1) is 16.7. The van der Waals surface area contributed by atoms with Gasteiger partial charge in [-0.1, -0.05) is 0 Å². The monoisotopic (exact) mass is 333 g/mol. The van der Waals surface area contributed by atoms with Gasteiger partial charge in [0.25, 0.3) is 11.6 Å². The van der Waals surface area contributed by atoms with E-state index in [0.29, 0.717) is 6.54 Å².